The number of nitrogen functional groups attached to an aromatic ring is 1. The number of hydrogen-bond donors (Lipinski definition) is 2. The Bertz CT molecular complexity index is 870. The standard InChI is InChI=1S/C19H17ClN2O/c1-11-8-14(9-12(2)22-11)16-5-3-4-15(19(16)23)13-6-7-18(21)17(20)10-13/h3-10,23H,21H2,1-2H3. The van der Waals surface area contributed by atoms with Gasteiger partial charge >= 0.3 is 0 Å². The van der Waals surface area contributed by atoms with Crippen LogP contribution in [0.25, 0.3) is 22.3 Å². The normalized spacial score (nSPS) is 10.7. The van der Waals surface area contributed by atoms with Gasteiger partial charge in [0.25, 0.3) is 0 Å². The molecule has 0 fully saturated rings. The monoisotopic (exact) mass is 324 g/mol. The van der Waals surface area contributed by atoms with Gasteiger partial charge < -0.3 is 10.8 Å². The number of nitrogens with two attached hydrogens (primary N) is 1. The zero-order valence-corrected chi connectivity index (χ0v) is 13.7. The number of benzene rings is 2. The molecular formula is C19H17ClN2O. The number of hydrogen-bond acceptors (Lipinski definition) is 3. The fourth-order valence-corrected chi connectivity index (χ4v) is 2.87. The van der Waals surface area contributed by atoms with Crippen LogP contribution in [-0.2, 0) is 0 Å². The quantitative estimate of drug-likeness (QED) is 0.654. The van der Waals surface area contributed by atoms with Gasteiger partial charge in [0, 0.05) is 22.5 Å². The number of nitrogens with zero attached hydrogens (tertiary/aromatic N) is 1. The summed E-state index contributed by atoms with van der Waals surface area (Å²) in [6, 6.07) is 14.9. The summed E-state index contributed by atoms with van der Waals surface area (Å²) in [5.41, 5.74) is 11.4. The lowest BCUT2D eigenvalue weighted by Crippen LogP contribution is -1.90. The van der Waals surface area contributed by atoms with Crippen LogP contribution in [0.5, 0.6) is 5.75 Å². The fraction of sp³-hybridized carbons (Fsp3) is 0.105. The van der Waals surface area contributed by atoms with Gasteiger partial charge in [-0.25, -0.2) is 0 Å². The van der Waals surface area contributed by atoms with Crippen molar-refractivity contribution in [2.24, 2.45) is 0 Å². The third kappa shape index (κ3) is 3.01. The number of anilines is 1. The summed E-state index contributed by atoms with van der Waals surface area (Å²) in [5.74, 6) is 0.221. The number of aryl methyl sites for hydroxylation is 2. The number of aromatic nitrogens is 1. The first-order chi connectivity index (χ1) is 11.0. The molecule has 0 atom stereocenters. The molecule has 0 unspecified atom stereocenters. The van der Waals surface area contributed by atoms with Crippen LogP contribution in [0.1, 0.15) is 11.4 Å². The third-order valence-electron chi connectivity index (χ3n) is 3.74. The molecule has 1 heterocycles. The molecule has 0 aliphatic heterocycles. The van der Waals surface area contributed by atoms with Crippen LogP contribution in [0.15, 0.2) is 48.5 Å². The Kier molecular flexibility index (Phi) is 3.97. The second-order valence-electron chi connectivity index (χ2n) is 5.58. The minimum atomic E-state index is 0.221. The van der Waals surface area contributed by atoms with Gasteiger partial charge in [0.1, 0.15) is 5.75 Å². The van der Waals surface area contributed by atoms with Gasteiger partial charge in [-0.1, -0.05) is 35.9 Å². The van der Waals surface area contributed by atoms with Crippen molar-refractivity contribution in [3.63, 3.8) is 0 Å². The Balaban J connectivity index is 2.16. The van der Waals surface area contributed by atoms with Gasteiger partial charge in [-0.05, 0) is 49.2 Å². The molecule has 1 aromatic heterocycles. The summed E-state index contributed by atoms with van der Waals surface area (Å²) in [6.45, 7) is 3.88. The van der Waals surface area contributed by atoms with E-state index in [0.717, 1.165) is 33.6 Å². The van der Waals surface area contributed by atoms with Crippen LogP contribution in [0, 0.1) is 13.8 Å². The van der Waals surface area contributed by atoms with Crippen molar-refractivity contribution in [2.45, 2.75) is 13.8 Å². The first-order valence-corrected chi connectivity index (χ1v) is 7.66. The van der Waals surface area contributed by atoms with E-state index in [0.29, 0.717) is 10.7 Å². The fourth-order valence-electron chi connectivity index (χ4n) is 2.69. The summed E-state index contributed by atoms with van der Waals surface area (Å²) in [5, 5.41) is 11.2. The average Bonchev–Trinajstić information content (AvgIpc) is 2.49. The van der Waals surface area contributed by atoms with E-state index in [1.54, 1.807) is 12.1 Å². The van der Waals surface area contributed by atoms with E-state index in [4.69, 9.17) is 17.3 Å². The Morgan fingerprint density at radius 3 is 2.13 bits per heavy atom. The number of pyridine rings is 1. The molecule has 3 rings (SSSR count). The third-order valence-corrected chi connectivity index (χ3v) is 4.07. The van der Waals surface area contributed by atoms with Crippen molar-refractivity contribution in [1.29, 1.82) is 0 Å². The molecule has 0 amide bonds. The van der Waals surface area contributed by atoms with Gasteiger partial charge in [-0.2, -0.15) is 0 Å². The van der Waals surface area contributed by atoms with Crippen molar-refractivity contribution >= 4 is 17.3 Å². The number of halogens is 1. The first kappa shape index (κ1) is 15.4. The van der Waals surface area contributed by atoms with Crippen molar-refractivity contribution < 1.29 is 5.11 Å². The minimum absolute atomic E-state index is 0.221. The molecule has 0 saturated carbocycles. The Labute approximate surface area is 140 Å². The highest BCUT2D eigenvalue weighted by molar-refractivity contribution is 6.33. The predicted octanol–water partition coefficient (Wildman–Crippen LogP) is 4.97. The van der Waals surface area contributed by atoms with E-state index < -0.39 is 0 Å². The maximum atomic E-state index is 10.7. The summed E-state index contributed by atoms with van der Waals surface area (Å²) in [4.78, 5) is 4.38. The highest BCUT2D eigenvalue weighted by Gasteiger charge is 2.12. The van der Waals surface area contributed by atoms with Crippen molar-refractivity contribution in [2.75, 3.05) is 5.73 Å². The number of aromatic hydroxyl groups is 1. The minimum Gasteiger partial charge on any atom is -0.507 e. The molecular weight excluding hydrogens is 308 g/mol. The largest absolute Gasteiger partial charge is 0.507 e. The zero-order chi connectivity index (χ0) is 16.6. The molecule has 2 aromatic carbocycles. The molecule has 0 spiro atoms. The van der Waals surface area contributed by atoms with Crippen molar-refractivity contribution in [1.82, 2.24) is 4.98 Å². The van der Waals surface area contributed by atoms with Crippen molar-refractivity contribution in [3.05, 3.63) is 64.9 Å². The number of rotatable bonds is 2. The van der Waals surface area contributed by atoms with E-state index in [9.17, 15) is 5.11 Å². The SMILES string of the molecule is Cc1cc(-c2cccc(-c3ccc(N)c(Cl)c3)c2O)cc(C)n1. The number of para-hydroxylation sites is 1. The van der Waals surface area contributed by atoms with Crippen molar-refractivity contribution in [3.8, 4) is 28.0 Å². The highest BCUT2D eigenvalue weighted by atomic mass is 35.5. The van der Waals surface area contributed by atoms with Gasteiger partial charge in [-0.15, -0.1) is 0 Å². The maximum Gasteiger partial charge on any atom is 0.131 e. The van der Waals surface area contributed by atoms with Crippen LogP contribution in [0.2, 0.25) is 5.02 Å². The smallest absolute Gasteiger partial charge is 0.131 e. The van der Waals surface area contributed by atoms with Crippen LogP contribution < -0.4 is 5.73 Å². The predicted molar refractivity (Wildman–Crippen MR) is 95.7 cm³/mol. The van der Waals surface area contributed by atoms with Gasteiger partial charge in [-0.3, -0.25) is 4.98 Å². The molecule has 3 N–H and O–H groups in total. The molecule has 0 radical (unpaired) electrons. The van der Waals surface area contributed by atoms with E-state index >= 15 is 0 Å². The highest BCUT2D eigenvalue weighted by Crippen LogP contribution is 2.39. The summed E-state index contributed by atoms with van der Waals surface area (Å²) in [6.07, 6.45) is 0. The lowest BCUT2D eigenvalue weighted by molar-refractivity contribution is 0.479. The Hall–Kier alpha value is -2.52. The second kappa shape index (κ2) is 5.94. The first-order valence-electron chi connectivity index (χ1n) is 7.29. The van der Waals surface area contributed by atoms with Crippen LogP contribution in [-0.4, -0.2) is 10.1 Å². The zero-order valence-electron chi connectivity index (χ0n) is 13.0. The van der Waals surface area contributed by atoms with E-state index in [2.05, 4.69) is 4.98 Å². The van der Waals surface area contributed by atoms with Crippen LogP contribution in [0.3, 0.4) is 0 Å². The number of phenols is 1. The lowest BCUT2D eigenvalue weighted by Gasteiger charge is -2.12. The molecule has 116 valence electrons. The number of phenolic OH excluding ortho intramolecular Hbond substituents is 1. The second-order valence-corrected chi connectivity index (χ2v) is 5.98. The van der Waals surface area contributed by atoms with Gasteiger partial charge in [0.05, 0.1) is 10.7 Å². The topological polar surface area (TPSA) is 59.1 Å². The lowest BCUT2D eigenvalue weighted by atomic mass is 9.97. The molecule has 0 bridgehead atoms. The molecule has 23 heavy (non-hydrogen) atoms. The molecule has 4 heteroatoms. The van der Waals surface area contributed by atoms with E-state index in [1.807, 2.05) is 50.2 Å². The average molecular weight is 325 g/mol. The van der Waals surface area contributed by atoms with Gasteiger partial charge in [0.15, 0.2) is 0 Å². The Morgan fingerprint density at radius 2 is 1.52 bits per heavy atom. The van der Waals surface area contributed by atoms with E-state index in [-0.39, 0.29) is 5.75 Å². The molecule has 3 nitrogen and oxygen atoms in total. The molecule has 0 aliphatic carbocycles. The Morgan fingerprint density at radius 1 is 0.913 bits per heavy atom. The van der Waals surface area contributed by atoms with Gasteiger partial charge in [0.2, 0.25) is 0 Å². The summed E-state index contributed by atoms with van der Waals surface area (Å²) in [7, 11) is 0. The van der Waals surface area contributed by atoms with Crippen LogP contribution >= 0.6 is 11.6 Å². The molecule has 3 aromatic rings. The molecule has 0 saturated heterocycles. The van der Waals surface area contributed by atoms with E-state index in [1.165, 1.54) is 0 Å². The summed E-state index contributed by atoms with van der Waals surface area (Å²) >= 11 is 6.10. The van der Waals surface area contributed by atoms with Crippen LogP contribution in [0.4, 0.5) is 5.69 Å². The summed E-state index contributed by atoms with van der Waals surface area (Å²) < 4.78 is 0. The molecule has 0 aliphatic rings. The maximum absolute atomic E-state index is 10.7.